The average molecular weight is 544 g/mol. The number of aliphatic imine (C=N–C) groups is 1. The first-order valence-electron chi connectivity index (χ1n) is 11.0. The summed E-state index contributed by atoms with van der Waals surface area (Å²) in [5, 5.41) is 6.82. The van der Waals surface area contributed by atoms with E-state index in [9.17, 15) is 4.79 Å². The Morgan fingerprint density at radius 3 is 2.03 bits per heavy atom. The Morgan fingerprint density at radius 2 is 1.44 bits per heavy atom. The van der Waals surface area contributed by atoms with Crippen molar-refractivity contribution in [3.8, 4) is 0 Å². The van der Waals surface area contributed by atoms with Crippen molar-refractivity contribution in [3.63, 3.8) is 0 Å². The topological polar surface area (TPSA) is 58.4 Å². The summed E-state index contributed by atoms with van der Waals surface area (Å²) in [5.41, 5.74) is 2.71. The summed E-state index contributed by atoms with van der Waals surface area (Å²) in [6.07, 6.45) is 4.73. The van der Waals surface area contributed by atoms with Gasteiger partial charge in [0, 0.05) is 44.9 Å². The molecule has 3 aromatic rings. The molecular weight excluding hydrogens is 511 g/mol. The first-order valence-corrected chi connectivity index (χ1v) is 11.0. The summed E-state index contributed by atoms with van der Waals surface area (Å²) >= 11 is 0. The van der Waals surface area contributed by atoms with Crippen LogP contribution in [0.4, 0.5) is 0 Å². The molecule has 0 fully saturated rings. The highest BCUT2D eigenvalue weighted by Crippen LogP contribution is 2.27. The Balaban J connectivity index is 0.00000363. The molecule has 0 unspecified atom stereocenters. The number of hydrogen-bond acceptors (Lipinski definition) is 2. The second kappa shape index (κ2) is 14.5. The fourth-order valence-corrected chi connectivity index (χ4v) is 3.71. The summed E-state index contributed by atoms with van der Waals surface area (Å²) in [6.45, 7) is 2.39. The molecule has 0 aliphatic heterocycles. The third-order valence-electron chi connectivity index (χ3n) is 5.37. The van der Waals surface area contributed by atoms with Gasteiger partial charge >= 0.3 is 0 Å². The standard InChI is InChI=1S/C26H32N4O.HI/c1-27-26(28-18-9-11-21-30-20-10-8-16-25(30)31)29-19-17-24(22-12-4-2-5-13-22)23-14-6-3-7-15-23;/h2-8,10,12-16,20,24H,9,11,17-19,21H2,1H3,(H2,27,28,29);1H. The third kappa shape index (κ3) is 8.15. The fraction of sp³-hybridized carbons (Fsp3) is 0.308. The number of nitrogens with zero attached hydrogens (tertiary/aromatic N) is 2. The molecule has 0 radical (unpaired) electrons. The Kier molecular flexibility index (Phi) is 11.6. The van der Waals surface area contributed by atoms with E-state index < -0.39 is 0 Å². The molecule has 0 aliphatic carbocycles. The quantitative estimate of drug-likeness (QED) is 0.169. The average Bonchev–Trinajstić information content (AvgIpc) is 2.82. The molecule has 1 heterocycles. The highest BCUT2D eigenvalue weighted by molar-refractivity contribution is 14.0. The number of halogens is 1. The molecule has 0 aliphatic rings. The summed E-state index contributed by atoms with van der Waals surface area (Å²) in [6, 6.07) is 26.6. The minimum Gasteiger partial charge on any atom is -0.356 e. The van der Waals surface area contributed by atoms with E-state index in [-0.39, 0.29) is 29.5 Å². The van der Waals surface area contributed by atoms with Crippen LogP contribution in [-0.4, -0.2) is 30.7 Å². The SMILES string of the molecule is CN=C(NCCCCn1ccccc1=O)NCCC(c1ccccc1)c1ccccc1.I. The number of benzene rings is 2. The highest BCUT2D eigenvalue weighted by atomic mass is 127. The molecule has 0 amide bonds. The van der Waals surface area contributed by atoms with Crippen LogP contribution in [0.3, 0.4) is 0 Å². The van der Waals surface area contributed by atoms with Gasteiger partial charge in [0.15, 0.2) is 5.96 Å². The number of hydrogen-bond donors (Lipinski definition) is 2. The number of aromatic nitrogens is 1. The lowest BCUT2D eigenvalue weighted by atomic mass is 9.88. The number of rotatable bonds is 10. The minimum absolute atomic E-state index is 0. The number of nitrogens with one attached hydrogen (secondary N) is 2. The molecule has 2 N–H and O–H groups in total. The van der Waals surface area contributed by atoms with Gasteiger partial charge in [0.2, 0.25) is 5.56 Å². The van der Waals surface area contributed by atoms with Gasteiger partial charge in [0.25, 0.3) is 0 Å². The molecule has 1 aromatic heterocycles. The Labute approximate surface area is 208 Å². The molecule has 6 heteroatoms. The van der Waals surface area contributed by atoms with Crippen molar-refractivity contribution in [2.24, 2.45) is 4.99 Å². The van der Waals surface area contributed by atoms with Gasteiger partial charge in [-0.3, -0.25) is 9.79 Å². The van der Waals surface area contributed by atoms with E-state index in [0.29, 0.717) is 5.92 Å². The summed E-state index contributed by atoms with van der Waals surface area (Å²) in [7, 11) is 1.80. The molecule has 0 spiro atoms. The molecule has 5 nitrogen and oxygen atoms in total. The molecule has 3 rings (SSSR count). The predicted molar refractivity (Wildman–Crippen MR) is 144 cm³/mol. The first kappa shape index (κ1) is 25.6. The Morgan fingerprint density at radius 1 is 0.844 bits per heavy atom. The van der Waals surface area contributed by atoms with Gasteiger partial charge in [0.1, 0.15) is 0 Å². The van der Waals surface area contributed by atoms with Crippen LogP contribution in [-0.2, 0) is 6.54 Å². The smallest absolute Gasteiger partial charge is 0.250 e. The van der Waals surface area contributed by atoms with Crippen LogP contribution in [0.2, 0.25) is 0 Å². The van der Waals surface area contributed by atoms with E-state index in [2.05, 4.69) is 76.3 Å². The molecule has 170 valence electrons. The summed E-state index contributed by atoms with van der Waals surface area (Å²) < 4.78 is 1.75. The van der Waals surface area contributed by atoms with E-state index in [0.717, 1.165) is 44.9 Å². The van der Waals surface area contributed by atoms with E-state index >= 15 is 0 Å². The number of unbranched alkanes of at least 4 members (excludes halogenated alkanes) is 1. The molecule has 0 saturated carbocycles. The fourth-order valence-electron chi connectivity index (χ4n) is 3.71. The van der Waals surface area contributed by atoms with Crippen LogP contribution in [0.15, 0.2) is 94.8 Å². The number of aryl methyl sites for hydroxylation is 1. The lowest BCUT2D eigenvalue weighted by Gasteiger charge is -2.19. The lowest BCUT2D eigenvalue weighted by Crippen LogP contribution is -2.38. The monoisotopic (exact) mass is 544 g/mol. The van der Waals surface area contributed by atoms with E-state index in [1.165, 1.54) is 11.1 Å². The zero-order valence-corrected chi connectivity index (χ0v) is 20.9. The zero-order valence-electron chi connectivity index (χ0n) is 18.6. The van der Waals surface area contributed by atoms with Crippen molar-refractivity contribution in [3.05, 3.63) is 107 Å². The first-order chi connectivity index (χ1) is 15.3. The summed E-state index contributed by atoms with van der Waals surface area (Å²) in [4.78, 5) is 16.1. The van der Waals surface area contributed by atoms with Crippen LogP contribution in [0.25, 0.3) is 0 Å². The maximum atomic E-state index is 11.7. The van der Waals surface area contributed by atoms with Gasteiger partial charge in [-0.25, -0.2) is 0 Å². The normalized spacial score (nSPS) is 11.1. The highest BCUT2D eigenvalue weighted by Gasteiger charge is 2.13. The Hall–Kier alpha value is -2.61. The molecule has 2 aromatic carbocycles. The zero-order chi connectivity index (χ0) is 21.7. The molecule has 32 heavy (non-hydrogen) atoms. The number of guanidine groups is 1. The van der Waals surface area contributed by atoms with Crippen molar-refractivity contribution >= 4 is 29.9 Å². The molecule has 0 saturated heterocycles. The molecule has 0 atom stereocenters. The third-order valence-corrected chi connectivity index (χ3v) is 5.37. The maximum Gasteiger partial charge on any atom is 0.250 e. The van der Waals surface area contributed by atoms with Crippen molar-refractivity contribution in [2.45, 2.75) is 31.7 Å². The van der Waals surface area contributed by atoms with E-state index in [1.807, 2.05) is 12.3 Å². The van der Waals surface area contributed by atoms with E-state index in [1.54, 1.807) is 23.7 Å². The van der Waals surface area contributed by atoms with Gasteiger partial charge in [-0.2, -0.15) is 0 Å². The second-order valence-corrected chi connectivity index (χ2v) is 7.53. The summed E-state index contributed by atoms with van der Waals surface area (Å²) in [5.74, 6) is 1.16. The Bertz CT molecular complexity index is 950. The lowest BCUT2D eigenvalue weighted by molar-refractivity contribution is 0.584. The van der Waals surface area contributed by atoms with Gasteiger partial charge in [-0.1, -0.05) is 66.7 Å². The minimum atomic E-state index is 0. The van der Waals surface area contributed by atoms with Gasteiger partial charge < -0.3 is 15.2 Å². The van der Waals surface area contributed by atoms with Crippen LogP contribution in [0, 0.1) is 0 Å². The number of pyridine rings is 1. The van der Waals surface area contributed by atoms with Crippen LogP contribution >= 0.6 is 24.0 Å². The maximum absolute atomic E-state index is 11.7. The second-order valence-electron chi connectivity index (χ2n) is 7.53. The molecular formula is C26H33IN4O. The van der Waals surface area contributed by atoms with E-state index in [4.69, 9.17) is 0 Å². The van der Waals surface area contributed by atoms with Gasteiger partial charge in [0.05, 0.1) is 0 Å². The molecule has 0 bridgehead atoms. The van der Waals surface area contributed by atoms with Gasteiger partial charge in [-0.15, -0.1) is 24.0 Å². The van der Waals surface area contributed by atoms with Crippen LogP contribution in [0.1, 0.15) is 36.3 Å². The van der Waals surface area contributed by atoms with Crippen molar-refractivity contribution in [1.82, 2.24) is 15.2 Å². The van der Waals surface area contributed by atoms with Crippen molar-refractivity contribution in [2.75, 3.05) is 20.1 Å². The van der Waals surface area contributed by atoms with Gasteiger partial charge in [-0.05, 0) is 36.5 Å². The van der Waals surface area contributed by atoms with Crippen LogP contribution < -0.4 is 16.2 Å². The van der Waals surface area contributed by atoms with Crippen molar-refractivity contribution in [1.29, 1.82) is 0 Å². The van der Waals surface area contributed by atoms with Crippen molar-refractivity contribution < 1.29 is 0 Å². The largest absolute Gasteiger partial charge is 0.356 e. The predicted octanol–water partition coefficient (Wildman–Crippen LogP) is 4.63. The van der Waals surface area contributed by atoms with Crippen LogP contribution in [0.5, 0.6) is 0 Å².